The van der Waals surface area contributed by atoms with Crippen LogP contribution in [0.1, 0.15) is 6.92 Å². The van der Waals surface area contributed by atoms with Gasteiger partial charge in [0.15, 0.2) is 0 Å². The molecule has 5 N–H and O–H groups in total. The van der Waals surface area contributed by atoms with E-state index in [9.17, 15) is 0 Å². The first-order valence-corrected chi connectivity index (χ1v) is 2.24. The zero-order valence-electron chi connectivity index (χ0n) is 5.23. The van der Waals surface area contributed by atoms with E-state index in [1.807, 2.05) is 0 Å². The second-order valence-corrected chi connectivity index (χ2v) is 1.10. The minimum absolute atomic E-state index is 0. The number of carboxylic acids is 1. The van der Waals surface area contributed by atoms with Gasteiger partial charge in [-0.25, -0.2) is 0 Å². The molecule has 61 valence electrons. The van der Waals surface area contributed by atoms with Crippen molar-refractivity contribution in [2.24, 2.45) is 11.5 Å². The predicted octanol–water partition coefficient (Wildman–Crippen LogP) is -1.01. The number of carboxylic acid groups (broad SMARTS) is 1. The third kappa shape index (κ3) is 334. The number of nitrogens with two attached hydrogens (primary N) is 2. The van der Waals surface area contributed by atoms with E-state index in [1.54, 1.807) is 0 Å². The molecule has 5 heteroatoms. The fourth-order valence-electron chi connectivity index (χ4n) is 0. The summed E-state index contributed by atoms with van der Waals surface area (Å²) in [5.74, 6) is -0.833. The first kappa shape index (κ1) is 16.0. The molecule has 0 fully saturated rings. The summed E-state index contributed by atoms with van der Waals surface area (Å²) in [5.41, 5.74) is 9.81. The van der Waals surface area contributed by atoms with Gasteiger partial charge in [0.2, 0.25) is 0 Å². The van der Waals surface area contributed by atoms with Gasteiger partial charge in [-0.3, -0.25) is 4.79 Å². The predicted molar refractivity (Wildman–Crippen MR) is 31.4 cm³/mol. The van der Waals surface area contributed by atoms with Gasteiger partial charge >= 0.3 is 0 Å². The molecule has 0 aromatic rings. The fourth-order valence-corrected chi connectivity index (χ4v) is 0. The Hall–Kier alpha value is -0.0905. The van der Waals surface area contributed by atoms with Gasteiger partial charge in [-0.2, -0.15) is 0 Å². The SMILES string of the molecule is CC(=O)O.NCCN.[Cu]. The molecule has 9 heavy (non-hydrogen) atoms. The molecule has 0 aromatic carbocycles. The Morgan fingerprint density at radius 3 is 1.56 bits per heavy atom. The van der Waals surface area contributed by atoms with Gasteiger partial charge in [0.25, 0.3) is 5.97 Å². The molecule has 1 radical (unpaired) electrons. The van der Waals surface area contributed by atoms with Crippen molar-refractivity contribution >= 4 is 5.97 Å². The Bertz CT molecular complexity index is 54.5. The average Bonchev–Trinajstić information content (AvgIpc) is 1.65. The molecule has 0 unspecified atom stereocenters. The number of aliphatic carboxylic acids is 1. The van der Waals surface area contributed by atoms with Crippen molar-refractivity contribution in [3.8, 4) is 0 Å². The summed E-state index contributed by atoms with van der Waals surface area (Å²) >= 11 is 0. The van der Waals surface area contributed by atoms with E-state index in [0.29, 0.717) is 13.1 Å². The second kappa shape index (κ2) is 15.7. The van der Waals surface area contributed by atoms with Crippen LogP contribution in [-0.4, -0.2) is 24.2 Å². The number of hydrogen-bond donors (Lipinski definition) is 3. The van der Waals surface area contributed by atoms with E-state index < -0.39 is 5.97 Å². The Kier molecular flexibility index (Phi) is 27.8. The zero-order chi connectivity index (χ0) is 6.99. The quantitative estimate of drug-likeness (QED) is 0.455. The summed E-state index contributed by atoms with van der Waals surface area (Å²) in [6.45, 7) is 2.28. The van der Waals surface area contributed by atoms with Crippen molar-refractivity contribution < 1.29 is 27.0 Å². The van der Waals surface area contributed by atoms with Crippen molar-refractivity contribution in [1.82, 2.24) is 0 Å². The number of carbonyl (C=O) groups is 1. The molecule has 0 heterocycles. The third-order valence-electron chi connectivity index (χ3n) is 0.167. The molecule has 0 amide bonds. The van der Waals surface area contributed by atoms with Gasteiger partial charge in [0, 0.05) is 37.1 Å². The summed E-state index contributed by atoms with van der Waals surface area (Å²) in [5, 5.41) is 7.42. The molecule has 0 aliphatic rings. The van der Waals surface area contributed by atoms with Crippen molar-refractivity contribution in [3.63, 3.8) is 0 Å². The largest absolute Gasteiger partial charge is 0.481 e. The monoisotopic (exact) mass is 183 g/mol. The van der Waals surface area contributed by atoms with E-state index in [4.69, 9.17) is 21.4 Å². The normalized spacial score (nSPS) is 6.11. The maximum absolute atomic E-state index is 9.00. The van der Waals surface area contributed by atoms with Crippen LogP contribution in [0.5, 0.6) is 0 Å². The standard InChI is InChI=1S/C2H8N2.C2H4O2.Cu/c3-1-2-4;1-2(3)4;/h1-4H2;1H3,(H,3,4);. The van der Waals surface area contributed by atoms with E-state index in [0.717, 1.165) is 6.92 Å². The molecule has 4 nitrogen and oxygen atoms in total. The van der Waals surface area contributed by atoms with Crippen LogP contribution >= 0.6 is 0 Å². The minimum Gasteiger partial charge on any atom is -0.481 e. The van der Waals surface area contributed by atoms with E-state index in [1.165, 1.54) is 0 Å². The summed E-state index contributed by atoms with van der Waals surface area (Å²) in [6, 6.07) is 0. The number of rotatable bonds is 1. The molecule has 0 saturated carbocycles. The van der Waals surface area contributed by atoms with Crippen molar-refractivity contribution in [2.45, 2.75) is 6.92 Å². The molecule has 0 rings (SSSR count). The molecular formula is C4H12CuN2O2. The average molecular weight is 184 g/mol. The van der Waals surface area contributed by atoms with Gasteiger partial charge in [0.1, 0.15) is 0 Å². The Balaban J connectivity index is -0.0000000720. The molecular weight excluding hydrogens is 172 g/mol. The Morgan fingerprint density at radius 1 is 1.44 bits per heavy atom. The van der Waals surface area contributed by atoms with E-state index in [-0.39, 0.29) is 17.1 Å². The van der Waals surface area contributed by atoms with Gasteiger partial charge < -0.3 is 16.6 Å². The van der Waals surface area contributed by atoms with Crippen LogP contribution in [0.15, 0.2) is 0 Å². The number of hydrogen-bond acceptors (Lipinski definition) is 3. The topological polar surface area (TPSA) is 89.3 Å². The molecule has 0 atom stereocenters. The first-order valence-electron chi connectivity index (χ1n) is 2.24. The van der Waals surface area contributed by atoms with Crippen LogP contribution in [-0.2, 0) is 21.9 Å². The molecule has 0 spiro atoms. The van der Waals surface area contributed by atoms with Gasteiger partial charge in [-0.15, -0.1) is 0 Å². The minimum atomic E-state index is -0.833. The summed E-state index contributed by atoms with van der Waals surface area (Å²) in [6.07, 6.45) is 0. The van der Waals surface area contributed by atoms with Crippen LogP contribution in [0.3, 0.4) is 0 Å². The Labute approximate surface area is 65.1 Å². The van der Waals surface area contributed by atoms with Gasteiger partial charge in [-0.05, 0) is 0 Å². The summed E-state index contributed by atoms with van der Waals surface area (Å²) in [4.78, 5) is 9.00. The molecule has 0 aromatic heterocycles. The fraction of sp³-hybridized carbons (Fsp3) is 0.750. The van der Waals surface area contributed by atoms with E-state index in [2.05, 4.69) is 0 Å². The van der Waals surface area contributed by atoms with Crippen LogP contribution in [0.4, 0.5) is 0 Å². The van der Waals surface area contributed by atoms with Crippen molar-refractivity contribution in [1.29, 1.82) is 0 Å². The summed E-state index contributed by atoms with van der Waals surface area (Å²) in [7, 11) is 0. The third-order valence-corrected chi connectivity index (χ3v) is 0.167. The maximum Gasteiger partial charge on any atom is 0.300 e. The Morgan fingerprint density at radius 2 is 1.56 bits per heavy atom. The summed E-state index contributed by atoms with van der Waals surface area (Å²) < 4.78 is 0. The maximum atomic E-state index is 9.00. The van der Waals surface area contributed by atoms with Crippen LogP contribution in [0, 0.1) is 0 Å². The van der Waals surface area contributed by atoms with Crippen molar-refractivity contribution in [3.05, 3.63) is 0 Å². The van der Waals surface area contributed by atoms with Crippen LogP contribution in [0.25, 0.3) is 0 Å². The first-order chi connectivity index (χ1) is 3.65. The smallest absolute Gasteiger partial charge is 0.300 e. The van der Waals surface area contributed by atoms with Crippen molar-refractivity contribution in [2.75, 3.05) is 13.1 Å². The van der Waals surface area contributed by atoms with Crippen LogP contribution in [0.2, 0.25) is 0 Å². The molecule has 0 aliphatic carbocycles. The van der Waals surface area contributed by atoms with Crippen LogP contribution < -0.4 is 11.5 Å². The molecule has 0 saturated heterocycles. The van der Waals surface area contributed by atoms with E-state index >= 15 is 0 Å². The van der Waals surface area contributed by atoms with Gasteiger partial charge in [-0.1, -0.05) is 0 Å². The zero-order valence-corrected chi connectivity index (χ0v) is 6.17. The van der Waals surface area contributed by atoms with Gasteiger partial charge in [0.05, 0.1) is 0 Å². The second-order valence-electron chi connectivity index (χ2n) is 1.10. The molecule has 0 aliphatic heterocycles. The molecule has 0 bridgehead atoms.